The molecule has 2 bridgehead atoms. The summed E-state index contributed by atoms with van der Waals surface area (Å²) in [5.41, 5.74) is 0.625. The van der Waals surface area contributed by atoms with E-state index in [1.165, 1.54) is 31.4 Å². The molecule has 4 heteroatoms. The van der Waals surface area contributed by atoms with Gasteiger partial charge in [-0.3, -0.25) is 4.79 Å². The third-order valence-corrected chi connectivity index (χ3v) is 4.80. The zero-order chi connectivity index (χ0) is 14.1. The van der Waals surface area contributed by atoms with E-state index >= 15 is 0 Å². The molecule has 0 aromatic heterocycles. The second-order valence-corrected chi connectivity index (χ2v) is 6.09. The maximum atomic E-state index is 12.8. The Morgan fingerprint density at radius 3 is 2.65 bits per heavy atom. The Bertz CT molecular complexity index is 488. The second-order valence-electron chi connectivity index (χ2n) is 6.09. The van der Waals surface area contributed by atoms with E-state index in [-0.39, 0.29) is 24.2 Å². The number of rotatable bonds is 4. The van der Waals surface area contributed by atoms with Crippen LogP contribution in [0.2, 0.25) is 0 Å². The lowest BCUT2D eigenvalue weighted by atomic mass is 9.88. The fourth-order valence-electron chi connectivity index (χ4n) is 3.70. The van der Waals surface area contributed by atoms with Crippen molar-refractivity contribution < 1.29 is 14.3 Å². The molecule has 2 saturated carbocycles. The minimum absolute atomic E-state index is 0.0679. The van der Waals surface area contributed by atoms with Gasteiger partial charge >= 0.3 is 0 Å². The number of amides is 1. The SMILES string of the molecule is O=C(NCC(O)c1ccc(F)cc1)C1CC2CCC1C2. The third-order valence-electron chi connectivity index (χ3n) is 4.80. The third kappa shape index (κ3) is 2.70. The van der Waals surface area contributed by atoms with Crippen molar-refractivity contribution >= 4 is 5.91 Å². The molecule has 1 aromatic rings. The summed E-state index contributed by atoms with van der Waals surface area (Å²) in [6, 6.07) is 5.72. The quantitative estimate of drug-likeness (QED) is 0.888. The molecule has 4 atom stereocenters. The average molecular weight is 277 g/mol. The van der Waals surface area contributed by atoms with E-state index in [1.807, 2.05) is 0 Å². The molecule has 1 amide bonds. The van der Waals surface area contributed by atoms with Gasteiger partial charge < -0.3 is 10.4 Å². The number of benzene rings is 1. The molecule has 2 fully saturated rings. The molecule has 20 heavy (non-hydrogen) atoms. The normalized spacial score (nSPS) is 29.4. The van der Waals surface area contributed by atoms with Crippen LogP contribution in [-0.2, 0) is 4.79 Å². The Morgan fingerprint density at radius 2 is 2.05 bits per heavy atom. The topological polar surface area (TPSA) is 49.3 Å². The molecule has 3 nitrogen and oxygen atoms in total. The molecule has 4 unspecified atom stereocenters. The number of nitrogens with one attached hydrogen (secondary N) is 1. The highest BCUT2D eigenvalue weighted by Gasteiger charge is 2.42. The van der Waals surface area contributed by atoms with Gasteiger partial charge in [0.05, 0.1) is 6.10 Å². The van der Waals surface area contributed by atoms with Crippen LogP contribution in [0.25, 0.3) is 0 Å². The van der Waals surface area contributed by atoms with E-state index in [2.05, 4.69) is 5.32 Å². The van der Waals surface area contributed by atoms with Crippen LogP contribution in [0, 0.1) is 23.6 Å². The van der Waals surface area contributed by atoms with Gasteiger partial charge in [0.25, 0.3) is 0 Å². The summed E-state index contributed by atoms with van der Waals surface area (Å²) in [4.78, 5) is 12.1. The maximum absolute atomic E-state index is 12.8. The van der Waals surface area contributed by atoms with Gasteiger partial charge in [-0.15, -0.1) is 0 Å². The second kappa shape index (κ2) is 5.52. The highest BCUT2D eigenvalue weighted by Crippen LogP contribution is 2.48. The molecular weight excluding hydrogens is 257 g/mol. The minimum atomic E-state index is -0.779. The van der Waals surface area contributed by atoms with Gasteiger partial charge in [-0.2, -0.15) is 0 Å². The summed E-state index contributed by atoms with van der Waals surface area (Å²) >= 11 is 0. The van der Waals surface area contributed by atoms with Crippen molar-refractivity contribution in [3.05, 3.63) is 35.6 Å². The lowest BCUT2D eigenvalue weighted by Gasteiger charge is -2.21. The summed E-state index contributed by atoms with van der Waals surface area (Å²) in [5.74, 6) is 1.15. The zero-order valence-electron chi connectivity index (χ0n) is 11.4. The van der Waals surface area contributed by atoms with Crippen molar-refractivity contribution in [2.75, 3.05) is 6.54 Å². The number of halogens is 1. The Morgan fingerprint density at radius 1 is 1.30 bits per heavy atom. The van der Waals surface area contributed by atoms with Crippen LogP contribution >= 0.6 is 0 Å². The van der Waals surface area contributed by atoms with Crippen molar-refractivity contribution in [2.45, 2.75) is 31.8 Å². The number of aliphatic hydroxyl groups is 1. The minimum Gasteiger partial charge on any atom is -0.387 e. The van der Waals surface area contributed by atoms with E-state index < -0.39 is 6.10 Å². The van der Waals surface area contributed by atoms with E-state index in [0.717, 1.165) is 12.3 Å². The predicted octanol–water partition coefficient (Wildman–Crippen LogP) is 2.41. The predicted molar refractivity (Wildman–Crippen MR) is 73.3 cm³/mol. The number of aliphatic hydroxyl groups excluding tert-OH is 1. The Hall–Kier alpha value is -1.42. The largest absolute Gasteiger partial charge is 0.387 e. The van der Waals surface area contributed by atoms with Crippen molar-refractivity contribution in [3.63, 3.8) is 0 Å². The molecule has 1 aromatic carbocycles. The number of hydrogen-bond donors (Lipinski definition) is 2. The lowest BCUT2D eigenvalue weighted by molar-refractivity contribution is -0.127. The highest BCUT2D eigenvalue weighted by molar-refractivity contribution is 5.79. The average Bonchev–Trinajstić information content (AvgIpc) is 3.08. The molecule has 108 valence electrons. The van der Waals surface area contributed by atoms with Crippen LogP contribution in [0.15, 0.2) is 24.3 Å². The van der Waals surface area contributed by atoms with Gasteiger partial charge in [0.1, 0.15) is 5.82 Å². The van der Waals surface area contributed by atoms with Crippen LogP contribution < -0.4 is 5.32 Å². The monoisotopic (exact) mass is 277 g/mol. The fourth-order valence-corrected chi connectivity index (χ4v) is 3.70. The summed E-state index contributed by atoms with van der Waals surface area (Å²) in [7, 11) is 0. The van der Waals surface area contributed by atoms with Crippen LogP contribution in [0.4, 0.5) is 4.39 Å². The number of carbonyl (C=O) groups excluding carboxylic acids is 1. The van der Waals surface area contributed by atoms with Gasteiger partial charge in [-0.25, -0.2) is 4.39 Å². The molecule has 2 aliphatic carbocycles. The van der Waals surface area contributed by atoms with Crippen LogP contribution in [0.3, 0.4) is 0 Å². The highest BCUT2D eigenvalue weighted by atomic mass is 19.1. The van der Waals surface area contributed by atoms with E-state index in [9.17, 15) is 14.3 Å². The van der Waals surface area contributed by atoms with Gasteiger partial charge in [0, 0.05) is 12.5 Å². The Kier molecular flexibility index (Phi) is 3.74. The summed E-state index contributed by atoms with van der Waals surface area (Å²) in [5, 5.41) is 12.8. The summed E-state index contributed by atoms with van der Waals surface area (Å²) < 4.78 is 12.8. The Labute approximate surface area is 118 Å². The van der Waals surface area contributed by atoms with Crippen LogP contribution in [-0.4, -0.2) is 17.6 Å². The van der Waals surface area contributed by atoms with E-state index in [0.29, 0.717) is 11.5 Å². The number of hydrogen-bond acceptors (Lipinski definition) is 2. The van der Waals surface area contributed by atoms with E-state index in [1.54, 1.807) is 12.1 Å². The molecule has 2 N–H and O–H groups in total. The smallest absolute Gasteiger partial charge is 0.223 e. The molecule has 2 aliphatic rings. The van der Waals surface area contributed by atoms with Gasteiger partial charge in [-0.1, -0.05) is 18.6 Å². The number of fused-ring (bicyclic) bond motifs is 2. The number of carbonyl (C=O) groups is 1. The maximum Gasteiger partial charge on any atom is 0.223 e. The van der Waals surface area contributed by atoms with Crippen LogP contribution in [0.1, 0.15) is 37.4 Å². The molecule has 0 aliphatic heterocycles. The van der Waals surface area contributed by atoms with Crippen molar-refractivity contribution in [3.8, 4) is 0 Å². The van der Waals surface area contributed by atoms with Crippen LogP contribution in [0.5, 0.6) is 0 Å². The van der Waals surface area contributed by atoms with Gasteiger partial charge in [0.2, 0.25) is 5.91 Å². The first-order valence-electron chi connectivity index (χ1n) is 7.34. The van der Waals surface area contributed by atoms with E-state index in [4.69, 9.17) is 0 Å². The molecule has 3 rings (SSSR count). The molecule has 0 heterocycles. The van der Waals surface area contributed by atoms with Gasteiger partial charge in [0.15, 0.2) is 0 Å². The first-order chi connectivity index (χ1) is 9.63. The van der Waals surface area contributed by atoms with Crippen molar-refractivity contribution in [1.29, 1.82) is 0 Å². The zero-order valence-corrected chi connectivity index (χ0v) is 11.4. The van der Waals surface area contributed by atoms with Gasteiger partial charge in [-0.05, 0) is 48.8 Å². The fraction of sp³-hybridized carbons (Fsp3) is 0.562. The summed E-state index contributed by atoms with van der Waals surface area (Å²) in [6.45, 7) is 0.193. The van der Waals surface area contributed by atoms with Crippen molar-refractivity contribution in [2.24, 2.45) is 17.8 Å². The molecular formula is C16H20FNO2. The standard InChI is InChI=1S/C16H20FNO2/c17-13-5-3-11(4-6-13)15(19)9-18-16(20)14-8-10-1-2-12(14)7-10/h3-6,10,12,14-15,19H,1-2,7-9H2,(H,18,20). The Balaban J connectivity index is 1.51. The first kappa shape index (κ1) is 13.6. The molecule has 0 spiro atoms. The van der Waals surface area contributed by atoms with Crippen molar-refractivity contribution in [1.82, 2.24) is 5.32 Å². The molecule has 0 saturated heterocycles. The molecule has 0 radical (unpaired) electrons. The summed E-state index contributed by atoms with van der Waals surface area (Å²) in [6.07, 6.45) is 3.86. The first-order valence-corrected chi connectivity index (χ1v) is 7.34. The lowest BCUT2D eigenvalue weighted by Crippen LogP contribution is -2.36.